The molecular formula is C15H19ClFNO2S. The maximum Gasteiger partial charge on any atom is 0.235 e. The van der Waals surface area contributed by atoms with Crippen LogP contribution in [-0.4, -0.2) is 21.4 Å². The molecule has 0 aliphatic heterocycles. The zero-order valence-corrected chi connectivity index (χ0v) is 13.5. The van der Waals surface area contributed by atoms with E-state index in [-0.39, 0.29) is 28.3 Å². The highest BCUT2D eigenvalue weighted by Crippen LogP contribution is 2.22. The molecule has 1 amide bonds. The van der Waals surface area contributed by atoms with Crippen molar-refractivity contribution in [2.24, 2.45) is 0 Å². The first-order valence-electron chi connectivity index (χ1n) is 7.09. The smallest absolute Gasteiger partial charge is 0.235 e. The van der Waals surface area contributed by atoms with Crippen LogP contribution in [0, 0.1) is 5.82 Å². The molecule has 1 saturated carbocycles. The summed E-state index contributed by atoms with van der Waals surface area (Å²) in [7, 11) is -1.50. The molecule has 1 fully saturated rings. The van der Waals surface area contributed by atoms with Crippen LogP contribution in [0.25, 0.3) is 0 Å². The van der Waals surface area contributed by atoms with E-state index in [1.807, 2.05) is 0 Å². The average molecular weight is 332 g/mol. The number of rotatable bonds is 5. The number of halogens is 2. The Hall–Kier alpha value is -0.940. The summed E-state index contributed by atoms with van der Waals surface area (Å²) in [5, 5.41) is 2.48. The zero-order valence-electron chi connectivity index (χ0n) is 11.9. The van der Waals surface area contributed by atoms with Crippen molar-refractivity contribution in [3.63, 3.8) is 0 Å². The van der Waals surface area contributed by atoms with Crippen molar-refractivity contribution in [3.8, 4) is 0 Å². The predicted octanol–water partition coefficient (Wildman–Crippen LogP) is 3.18. The van der Waals surface area contributed by atoms with E-state index < -0.39 is 21.9 Å². The van der Waals surface area contributed by atoms with E-state index >= 15 is 0 Å². The number of hydrogen-bond donors (Lipinski definition) is 1. The summed E-state index contributed by atoms with van der Waals surface area (Å²) in [5.41, 5.74) is 0.206. The van der Waals surface area contributed by atoms with Crippen molar-refractivity contribution in [2.75, 3.05) is 0 Å². The first-order chi connectivity index (χ1) is 9.99. The maximum atomic E-state index is 13.7. The standard InChI is InChI=1S/C15H19ClFNO2S/c1-10(15(19)18-11-5-2-3-6-11)21(20)9-12-13(16)7-4-8-14(12)17/h4,7-8,10-11H,2-3,5-6,9H2,1H3,(H,18,19)/t10-,21-/m1/s1. The van der Waals surface area contributed by atoms with Crippen LogP contribution in [0.3, 0.4) is 0 Å². The van der Waals surface area contributed by atoms with Crippen molar-refractivity contribution < 1.29 is 13.4 Å². The number of hydrogen-bond acceptors (Lipinski definition) is 2. The molecule has 1 aliphatic carbocycles. The van der Waals surface area contributed by atoms with Crippen molar-refractivity contribution in [2.45, 2.75) is 49.7 Å². The minimum absolute atomic E-state index is 0.0508. The first-order valence-corrected chi connectivity index (χ1v) is 8.85. The number of nitrogens with one attached hydrogen (secondary N) is 1. The molecule has 1 aromatic rings. The second kappa shape index (κ2) is 7.36. The van der Waals surface area contributed by atoms with Crippen LogP contribution >= 0.6 is 11.6 Å². The summed E-state index contributed by atoms with van der Waals surface area (Å²) in [6.45, 7) is 1.61. The quantitative estimate of drug-likeness (QED) is 0.900. The van der Waals surface area contributed by atoms with Crippen LogP contribution in [0.1, 0.15) is 38.2 Å². The van der Waals surface area contributed by atoms with Gasteiger partial charge in [-0.25, -0.2) is 4.39 Å². The van der Waals surface area contributed by atoms with Gasteiger partial charge < -0.3 is 5.32 Å². The third-order valence-electron chi connectivity index (χ3n) is 3.81. The molecule has 0 saturated heterocycles. The number of benzene rings is 1. The van der Waals surface area contributed by atoms with E-state index in [1.54, 1.807) is 13.0 Å². The van der Waals surface area contributed by atoms with E-state index in [0.29, 0.717) is 0 Å². The van der Waals surface area contributed by atoms with Gasteiger partial charge in [0.05, 0.1) is 5.75 Å². The second-order valence-electron chi connectivity index (χ2n) is 5.36. The number of carbonyl (C=O) groups is 1. The van der Waals surface area contributed by atoms with Crippen molar-refractivity contribution in [3.05, 3.63) is 34.6 Å². The molecular weight excluding hydrogens is 313 g/mol. The van der Waals surface area contributed by atoms with Crippen LogP contribution in [0.15, 0.2) is 18.2 Å². The van der Waals surface area contributed by atoms with Crippen LogP contribution in [0.5, 0.6) is 0 Å². The van der Waals surface area contributed by atoms with Crippen molar-refractivity contribution in [1.29, 1.82) is 0 Å². The molecule has 116 valence electrons. The molecule has 2 rings (SSSR count). The predicted molar refractivity (Wildman–Crippen MR) is 83.1 cm³/mol. The average Bonchev–Trinajstić information content (AvgIpc) is 2.94. The van der Waals surface area contributed by atoms with Gasteiger partial charge in [-0.1, -0.05) is 30.5 Å². The molecule has 0 heterocycles. The lowest BCUT2D eigenvalue weighted by molar-refractivity contribution is -0.121. The van der Waals surface area contributed by atoms with E-state index in [2.05, 4.69) is 5.32 Å². The molecule has 21 heavy (non-hydrogen) atoms. The number of amides is 1. The highest BCUT2D eigenvalue weighted by atomic mass is 35.5. The fraction of sp³-hybridized carbons (Fsp3) is 0.533. The van der Waals surface area contributed by atoms with Gasteiger partial charge in [-0.3, -0.25) is 9.00 Å². The molecule has 0 spiro atoms. The Morgan fingerprint density at radius 1 is 1.48 bits per heavy atom. The molecule has 3 nitrogen and oxygen atoms in total. The highest BCUT2D eigenvalue weighted by Gasteiger charge is 2.25. The lowest BCUT2D eigenvalue weighted by atomic mass is 10.2. The van der Waals surface area contributed by atoms with Crippen LogP contribution in [0.2, 0.25) is 5.02 Å². The Kier molecular flexibility index (Phi) is 5.76. The minimum atomic E-state index is -1.50. The Morgan fingerprint density at radius 2 is 2.14 bits per heavy atom. The Balaban J connectivity index is 1.97. The largest absolute Gasteiger partial charge is 0.352 e. The Bertz CT molecular complexity index is 526. The van der Waals surface area contributed by atoms with Gasteiger partial charge in [-0.05, 0) is 31.9 Å². The van der Waals surface area contributed by atoms with Gasteiger partial charge in [0.25, 0.3) is 0 Å². The molecule has 1 aromatic carbocycles. The summed E-state index contributed by atoms with van der Waals surface area (Å²) in [4.78, 5) is 12.1. The summed E-state index contributed by atoms with van der Waals surface area (Å²) in [6.07, 6.45) is 4.19. The van der Waals surface area contributed by atoms with E-state index in [4.69, 9.17) is 11.6 Å². The van der Waals surface area contributed by atoms with Crippen LogP contribution in [-0.2, 0) is 21.3 Å². The summed E-state index contributed by atoms with van der Waals surface area (Å²) in [6, 6.07) is 4.52. The van der Waals surface area contributed by atoms with Gasteiger partial charge in [0.2, 0.25) is 5.91 Å². The Labute approximate surface area is 131 Å². The first kappa shape index (κ1) is 16.4. The van der Waals surface area contributed by atoms with Gasteiger partial charge in [0.15, 0.2) is 0 Å². The van der Waals surface area contributed by atoms with Gasteiger partial charge in [0.1, 0.15) is 11.1 Å². The summed E-state index contributed by atoms with van der Waals surface area (Å²) >= 11 is 5.92. The molecule has 0 bridgehead atoms. The zero-order chi connectivity index (χ0) is 15.4. The summed E-state index contributed by atoms with van der Waals surface area (Å²) < 4.78 is 25.9. The van der Waals surface area contributed by atoms with E-state index in [0.717, 1.165) is 25.7 Å². The van der Waals surface area contributed by atoms with E-state index in [1.165, 1.54) is 12.1 Å². The minimum Gasteiger partial charge on any atom is -0.352 e. The molecule has 2 atom stereocenters. The topological polar surface area (TPSA) is 46.2 Å². The molecule has 0 unspecified atom stereocenters. The van der Waals surface area contributed by atoms with Gasteiger partial charge in [0, 0.05) is 27.4 Å². The third kappa shape index (κ3) is 4.27. The van der Waals surface area contributed by atoms with Crippen molar-refractivity contribution in [1.82, 2.24) is 5.32 Å². The van der Waals surface area contributed by atoms with Gasteiger partial charge in [-0.15, -0.1) is 0 Å². The second-order valence-corrected chi connectivity index (χ2v) is 7.52. The van der Waals surface area contributed by atoms with Gasteiger partial charge >= 0.3 is 0 Å². The van der Waals surface area contributed by atoms with Crippen LogP contribution in [0.4, 0.5) is 4.39 Å². The lowest BCUT2D eigenvalue weighted by Crippen LogP contribution is -2.41. The van der Waals surface area contributed by atoms with Crippen LogP contribution < -0.4 is 5.32 Å². The lowest BCUT2D eigenvalue weighted by Gasteiger charge is -2.16. The SMILES string of the molecule is C[C@H](C(=O)NC1CCCC1)[S@](=O)Cc1c(F)cccc1Cl. The molecule has 0 radical (unpaired) electrons. The third-order valence-corrected chi connectivity index (χ3v) is 5.74. The fourth-order valence-corrected chi connectivity index (χ4v) is 3.89. The number of carbonyl (C=O) groups excluding carboxylic acids is 1. The molecule has 1 N–H and O–H groups in total. The fourth-order valence-electron chi connectivity index (χ4n) is 2.45. The monoisotopic (exact) mass is 331 g/mol. The Morgan fingerprint density at radius 3 is 2.76 bits per heavy atom. The van der Waals surface area contributed by atoms with Gasteiger partial charge in [-0.2, -0.15) is 0 Å². The molecule has 1 aliphatic rings. The van der Waals surface area contributed by atoms with Crippen molar-refractivity contribution >= 4 is 28.3 Å². The molecule has 6 heteroatoms. The maximum absolute atomic E-state index is 13.7. The highest BCUT2D eigenvalue weighted by molar-refractivity contribution is 7.85. The normalized spacial score (nSPS) is 18.4. The van der Waals surface area contributed by atoms with E-state index in [9.17, 15) is 13.4 Å². The molecule has 0 aromatic heterocycles. The summed E-state index contributed by atoms with van der Waals surface area (Å²) in [5.74, 6) is -0.767.